The van der Waals surface area contributed by atoms with Gasteiger partial charge in [-0.25, -0.2) is 26.9 Å². The lowest BCUT2D eigenvalue weighted by Crippen LogP contribution is -2.56. The van der Waals surface area contributed by atoms with Gasteiger partial charge in [0.2, 0.25) is 0 Å². The number of nitrogens with one attached hydrogen (secondary N) is 3. The molecule has 11 heteroatoms. The SMILES string of the molecule is O=S(=O)(NC1CNC1)c1cnc(C(c2ccc(F)c(Cl)c2)c2ccc(F)c(Cl)c2)[nH]1. The van der Waals surface area contributed by atoms with E-state index < -0.39 is 27.6 Å². The average molecular weight is 473 g/mol. The van der Waals surface area contributed by atoms with Gasteiger partial charge in [-0.1, -0.05) is 35.3 Å². The summed E-state index contributed by atoms with van der Waals surface area (Å²) in [5.74, 6) is -1.63. The fraction of sp³-hybridized carbons (Fsp3) is 0.211. The summed E-state index contributed by atoms with van der Waals surface area (Å²) >= 11 is 11.9. The molecular formula is C19H16Cl2F2N4O2S. The number of sulfonamides is 1. The normalized spacial score (nSPS) is 14.8. The molecule has 0 aliphatic carbocycles. The second kappa shape index (κ2) is 8.24. The highest BCUT2D eigenvalue weighted by atomic mass is 35.5. The van der Waals surface area contributed by atoms with Gasteiger partial charge in [0.05, 0.1) is 22.2 Å². The minimum absolute atomic E-state index is 0.107. The minimum atomic E-state index is -3.81. The van der Waals surface area contributed by atoms with Crippen molar-refractivity contribution in [3.8, 4) is 0 Å². The Morgan fingerprint density at radius 3 is 2.07 bits per heavy atom. The Hall–Kier alpha value is -2.04. The molecule has 2 heterocycles. The maximum absolute atomic E-state index is 13.7. The molecule has 0 unspecified atom stereocenters. The Morgan fingerprint density at radius 1 is 1.03 bits per heavy atom. The first-order valence-electron chi connectivity index (χ1n) is 8.92. The number of hydrogen-bond donors (Lipinski definition) is 3. The molecule has 1 aromatic heterocycles. The van der Waals surface area contributed by atoms with Gasteiger partial charge in [0, 0.05) is 19.1 Å². The quantitative estimate of drug-likeness (QED) is 0.512. The van der Waals surface area contributed by atoms with E-state index in [1.807, 2.05) is 0 Å². The molecule has 1 aliphatic heterocycles. The zero-order valence-corrected chi connectivity index (χ0v) is 17.6. The Bertz CT molecular complexity index is 1150. The van der Waals surface area contributed by atoms with Crippen molar-refractivity contribution in [3.63, 3.8) is 0 Å². The summed E-state index contributed by atoms with van der Waals surface area (Å²) in [6, 6.07) is 8.02. The highest BCUT2D eigenvalue weighted by molar-refractivity contribution is 7.89. The summed E-state index contributed by atoms with van der Waals surface area (Å²) in [7, 11) is -3.81. The fourth-order valence-corrected chi connectivity index (χ4v) is 4.69. The number of benzene rings is 2. The van der Waals surface area contributed by atoms with Crippen LogP contribution in [-0.2, 0) is 10.0 Å². The molecule has 0 spiro atoms. The fourth-order valence-electron chi connectivity index (χ4n) is 3.15. The predicted molar refractivity (Wildman–Crippen MR) is 109 cm³/mol. The van der Waals surface area contributed by atoms with Gasteiger partial charge in [-0.05, 0) is 35.4 Å². The lowest BCUT2D eigenvalue weighted by Gasteiger charge is -2.27. The van der Waals surface area contributed by atoms with E-state index in [0.29, 0.717) is 24.2 Å². The van der Waals surface area contributed by atoms with Gasteiger partial charge < -0.3 is 10.3 Å². The number of aromatic amines is 1. The summed E-state index contributed by atoms with van der Waals surface area (Å²) in [5.41, 5.74) is 1.05. The minimum Gasteiger partial charge on any atom is -0.331 e. The second-order valence-electron chi connectivity index (χ2n) is 6.89. The number of halogens is 4. The molecule has 1 saturated heterocycles. The van der Waals surface area contributed by atoms with Gasteiger partial charge in [0.25, 0.3) is 10.0 Å². The number of hydrogen-bond acceptors (Lipinski definition) is 4. The van der Waals surface area contributed by atoms with Crippen molar-refractivity contribution in [2.45, 2.75) is 17.0 Å². The highest BCUT2D eigenvalue weighted by Gasteiger charge is 2.28. The first kappa shape index (κ1) is 21.2. The topological polar surface area (TPSA) is 86.9 Å². The van der Waals surface area contributed by atoms with Crippen LogP contribution in [0.3, 0.4) is 0 Å². The summed E-state index contributed by atoms with van der Waals surface area (Å²) in [4.78, 5) is 7.04. The van der Waals surface area contributed by atoms with Crippen molar-refractivity contribution in [2.75, 3.05) is 13.1 Å². The van der Waals surface area contributed by atoms with Crippen LogP contribution in [0.5, 0.6) is 0 Å². The van der Waals surface area contributed by atoms with Crippen LogP contribution >= 0.6 is 23.2 Å². The molecule has 6 nitrogen and oxygen atoms in total. The van der Waals surface area contributed by atoms with E-state index in [9.17, 15) is 17.2 Å². The van der Waals surface area contributed by atoms with Crippen LogP contribution in [0.4, 0.5) is 8.78 Å². The Morgan fingerprint density at radius 2 is 1.60 bits per heavy atom. The van der Waals surface area contributed by atoms with E-state index in [4.69, 9.17) is 23.2 Å². The average Bonchev–Trinajstić information content (AvgIpc) is 3.15. The Labute approximate surface area is 181 Å². The summed E-state index contributed by atoms with van der Waals surface area (Å²) < 4.78 is 55.1. The molecule has 0 saturated carbocycles. The number of imidazole rings is 1. The number of nitrogens with zero attached hydrogens (tertiary/aromatic N) is 1. The molecule has 1 fully saturated rings. The van der Waals surface area contributed by atoms with Crippen LogP contribution < -0.4 is 10.0 Å². The molecule has 3 N–H and O–H groups in total. The zero-order chi connectivity index (χ0) is 21.5. The Kier molecular flexibility index (Phi) is 5.82. The van der Waals surface area contributed by atoms with Gasteiger partial charge in [-0.2, -0.15) is 0 Å². The third kappa shape index (κ3) is 4.21. The van der Waals surface area contributed by atoms with Gasteiger partial charge in [0.1, 0.15) is 17.5 Å². The van der Waals surface area contributed by atoms with E-state index in [2.05, 4.69) is 20.0 Å². The molecule has 1 aliphatic rings. The smallest absolute Gasteiger partial charge is 0.257 e. The molecule has 2 aromatic carbocycles. The van der Waals surface area contributed by atoms with Gasteiger partial charge in [-0.3, -0.25) is 0 Å². The number of aromatic nitrogens is 2. The van der Waals surface area contributed by atoms with Crippen LogP contribution in [0.1, 0.15) is 22.9 Å². The van der Waals surface area contributed by atoms with Gasteiger partial charge in [0.15, 0.2) is 5.03 Å². The lowest BCUT2D eigenvalue weighted by atomic mass is 9.90. The van der Waals surface area contributed by atoms with Crippen LogP contribution in [0, 0.1) is 11.6 Å². The van der Waals surface area contributed by atoms with E-state index in [0.717, 1.165) is 0 Å². The summed E-state index contributed by atoms with van der Waals surface area (Å²) in [6.45, 7) is 1.09. The molecule has 0 amide bonds. The van der Waals surface area contributed by atoms with Crippen molar-refractivity contribution in [1.82, 2.24) is 20.0 Å². The van der Waals surface area contributed by atoms with Crippen LogP contribution in [0.25, 0.3) is 0 Å². The highest BCUT2D eigenvalue weighted by Crippen LogP contribution is 2.34. The largest absolute Gasteiger partial charge is 0.331 e. The molecule has 3 aromatic rings. The van der Waals surface area contributed by atoms with E-state index in [1.165, 1.54) is 42.6 Å². The second-order valence-corrected chi connectivity index (χ2v) is 9.39. The van der Waals surface area contributed by atoms with Crippen molar-refractivity contribution < 1.29 is 17.2 Å². The first-order valence-corrected chi connectivity index (χ1v) is 11.2. The molecule has 0 bridgehead atoms. The van der Waals surface area contributed by atoms with Gasteiger partial charge >= 0.3 is 0 Å². The standard InChI is InChI=1S/C19H16Cl2F2N4O2S/c20-13-5-10(1-3-15(13)22)18(11-2-4-16(23)14(21)6-11)19-25-9-17(26-19)30(28,29)27-12-7-24-8-12/h1-6,9,12,18,24,27H,7-8H2,(H,25,26). The number of rotatable bonds is 6. The van der Waals surface area contributed by atoms with Crippen molar-refractivity contribution in [1.29, 1.82) is 0 Å². The van der Waals surface area contributed by atoms with Gasteiger partial charge in [-0.15, -0.1) is 0 Å². The van der Waals surface area contributed by atoms with E-state index >= 15 is 0 Å². The van der Waals surface area contributed by atoms with Crippen molar-refractivity contribution >= 4 is 33.2 Å². The molecule has 4 rings (SSSR count). The predicted octanol–water partition coefficient (Wildman–Crippen LogP) is 3.43. The van der Waals surface area contributed by atoms with Crippen molar-refractivity contribution in [2.24, 2.45) is 0 Å². The lowest BCUT2D eigenvalue weighted by molar-refractivity contribution is 0.410. The van der Waals surface area contributed by atoms with E-state index in [1.54, 1.807) is 0 Å². The van der Waals surface area contributed by atoms with Crippen LogP contribution in [-0.4, -0.2) is 37.5 Å². The zero-order valence-electron chi connectivity index (χ0n) is 15.3. The summed E-state index contributed by atoms with van der Waals surface area (Å²) in [6.07, 6.45) is 1.20. The number of H-pyrrole nitrogens is 1. The third-order valence-corrected chi connectivity index (χ3v) is 6.80. The molecule has 0 atom stereocenters. The van der Waals surface area contributed by atoms with E-state index in [-0.39, 0.29) is 26.9 Å². The maximum Gasteiger partial charge on any atom is 0.257 e. The first-order chi connectivity index (χ1) is 14.2. The summed E-state index contributed by atoms with van der Waals surface area (Å²) in [5, 5.41) is 2.65. The molecular weight excluding hydrogens is 457 g/mol. The molecule has 0 radical (unpaired) electrons. The molecule has 30 heavy (non-hydrogen) atoms. The monoisotopic (exact) mass is 472 g/mol. The maximum atomic E-state index is 13.7. The van der Waals surface area contributed by atoms with Crippen molar-refractivity contribution in [3.05, 3.63) is 81.2 Å². The third-order valence-electron chi connectivity index (χ3n) is 4.79. The molecule has 158 valence electrons. The Balaban J connectivity index is 1.77. The van der Waals surface area contributed by atoms with Crippen LogP contribution in [0.2, 0.25) is 10.0 Å². The van der Waals surface area contributed by atoms with Crippen LogP contribution in [0.15, 0.2) is 47.6 Å².